The summed E-state index contributed by atoms with van der Waals surface area (Å²) in [5.41, 5.74) is 2.61. The van der Waals surface area contributed by atoms with Crippen molar-refractivity contribution in [3.8, 4) is 0 Å². The molecular formula is C24H30N6O4+2. The first-order chi connectivity index (χ1) is 16.4. The van der Waals surface area contributed by atoms with Crippen LogP contribution in [0.2, 0.25) is 0 Å². The zero-order valence-electron chi connectivity index (χ0n) is 19.2. The fourth-order valence-electron chi connectivity index (χ4n) is 7.13. The molecule has 4 saturated heterocycles. The molecule has 0 aliphatic carbocycles. The summed E-state index contributed by atoms with van der Waals surface area (Å²) in [6.07, 6.45) is 0.830. The number of piperazine rings is 2. The fraction of sp³-hybridized carbons (Fsp3) is 0.500. The Hall–Kier alpha value is -2.92. The third-order valence-electron chi connectivity index (χ3n) is 8.76. The van der Waals surface area contributed by atoms with E-state index in [1.165, 1.54) is 0 Å². The van der Waals surface area contributed by atoms with Crippen molar-refractivity contribution in [2.24, 2.45) is 0 Å². The number of quaternary nitrogens is 2. The quantitative estimate of drug-likeness (QED) is 0.368. The predicted molar refractivity (Wildman–Crippen MR) is 124 cm³/mol. The average Bonchev–Trinajstić information content (AvgIpc) is 3.38. The van der Waals surface area contributed by atoms with Crippen LogP contribution in [0.1, 0.15) is 11.1 Å². The number of nitro benzene ring substituents is 2. The van der Waals surface area contributed by atoms with E-state index in [9.17, 15) is 20.2 Å². The maximum absolute atomic E-state index is 11.1. The summed E-state index contributed by atoms with van der Waals surface area (Å²) in [6, 6.07) is 14.2. The Bertz CT molecular complexity index is 1040. The second kappa shape index (κ2) is 7.81. The number of nitrogens with zero attached hydrogens (tertiary/aromatic N) is 6. The van der Waals surface area contributed by atoms with Gasteiger partial charge in [-0.1, -0.05) is 0 Å². The van der Waals surface area contributed by atoms with Gasteiger partial charge in [0.05, 0.1) is 62.2 Å². The smallest absolute Gasteiger partial charge is 0.269 e. The second-order valence-electron chi connectivity index (χ2n) is 10.4. The molecule has 178 valence electrons. The molecule has 0 amide bonds. The van der Waals surface area contributed by atoms with Crippen molar-refractivity contribution < 1.29 is 18.8 Å². The molecule has 2 atom stereocenters. The number of non-ortho nitro benzene ring substituents is 2. The largest absolute Gasteiger partial charge is 0.296 e. The van der Waals surface area contributed by atoms with Crippen LogP contribution in [-0.4, -0.2) is 93.3 Å². The molecule has 10 nitrogen and oxygen atoms in total. The van der Waals surface area contributed by atoms with Crippen LogP contribution in [0.3, 0.4) is 0 Å². The number of hydrogen-bond donors (Lipinski definition) is 0. The minimum Gasteiger partial charge on any atom is -0.296 e. The van der Waals surface area contributed by atoms with Gasteiger partial charge in [0.25, 0.3) is 11.4 Å². The average molecular weight is 467 g/mol. The highest BCUT2D eigenvalue weighted by Gasteiger charge is 2.67. The number of nitro groups is 2. The molecular weight excluding hydrogens is 436 g/mol. The molecule has 2 aromatic rings. The van der Waals surface area contributed by atoms with E-state index in [4.69, 9.17) is 0 Å². The minimum absolute atomic E-state index is 0.142. The molecule has 34 heavy (non-hydrogen) atoms. The summed E-state index contributed by atoms with van der Waals surface area (Å²) in [5.74, 6) is 0. The van der Waals surface area contributed by atoms with Gasteiger partial charge < -0.3 is 0 Å². The summed E-state index contributed by atoms with van der Waals surface area (Å²) in [7, 11) is 0. The van der Waals surface area contributed by atoms with E-state index in [-0.39, 0.29) is 21.2 Å². The van der Waals surface area contributed by atoms with Gasteiger partial charge >= 0.3 is 0 Å². The Labute approximate surface area is 198 Å². The first-order valence-electron chi connectivity index (χ1n) is 12.1. The van der Waals surface area contributed by atoms with Crippen molar-refractivity contribution in [2.45, 2.75) is 25.4 Å². The van der Waals surface area contributed by atoms with Gasteiger partial charge in [0.15, 0.2) is 0 Å². The minimum atomic E-state index is -0.337. The maximum atomic E-state index is 11.1. The third-order valence-corrected chi connectivity index (χ3v) is 8.76. The lowest BCUT2D eigenvalue weighted by molar-refractivity contribution is -1.04. The molecule has 4 heterocycles. The van der Waals surface area contributed by atoms with Crippen molar-refractivity contribution in [1.29, 1.82) is 0 Å². The zero-order valence-corrected chi connectivity index (χ0v) is 19.2. The van der Waals surface area contributed by atoms with Crippen LogP contribution >= 0.6 is 0 Å². The van der Waals surface area contributed by atoms with Crippen LogP contribution in [0.25, 0.3) is 0 Å². The molecule has 6 rings (SSSR count). The van der Waals surface area contributed by atoms with E-state index in [2.05, 4.69) is 9.80 Å². The Morgan fingerprint density at radius 2 is 0.971 bits per heavy atom. The van der Waals surface area contributed by atoms with Crippen LogP contribution in [0, 0.1) is 20.2 Å². The van der Waals surface area contributed by atoms with E-state index >= 15 is 0 Å². The highest BCUT2D eigenvalue weighted by atomic mass is 16.6. The normalized spacial score (nSPS) is 32.5. The topological polar surface area (TPSA) is 92.8 Å². The molecule has 0 bridgehead atoms. The van der Waals surface area contributed by atoms with Crippen LogP contribution < -0.4 is 0 Å². The van der Waals surface area contributed by atoms with Crippen molar-refractivity contribution in [2.75, 3.05) is 52.4 Å². The summed E-state index contributed by atoms with van der Waals surface area (Å²) in [4.78, 5) is 26.9. The van der Waals surface area contributed by atoms with E-state index in [0.29, 0.717) is 12.3 Å². The molecule has 2 aromatic carbocycles. The molecule has 4 fully saturated rings. The lowest BCUT2D eigenvalue weighted by Gasteiger charge is -2.56. The lowest BCUT2D eigenvalue weighted by Crippen LogP contribution is -2.77. The monoisotopic (exact) mass is 466 g/mol. The van der Waals surface area contributed by atoms with Gasteiger partial charge in [0, 0.05) is 35.4 Å². The summed E-state index contributed by atoms with van der Waals surface area (Å²) in [5, 5.41) is 22.2. The van der Waals surface area contributed by atoms with E-state index in [1.54, 1.807) is 24.3 Å². The second-order valence-corrected chi connectivity index (χ2v) is 10.4. The maximum Gasteiger partial charge on any atom is 0.269 e. The van der Waals surface area contributed by atoms with Crippen molar-refractivity contribution in [3.05, 3.63) is 79.9 Å². The zero-order chi connectivity index (χ0) is 23.5. The van der Waals surface area contributed by atoms with Crippen LogP contribution in [0.5, 0.6) is 0 Å². The lowest BCUT2D eigenvalue weighted by atomic mass is 10.0. The highest BCUT2D eigenvalue weighted by Crippen LogP contribution is 2.45. The van der Waals surface area contributed by atoms with Crippen molar-refractivity contribution in [1.82, 2.24) is 9.80 Å². The van der Waals surface area contributed by atoms with Gasteiger partial charge in [-0.25, -0.2) is 9.80 Å². The SMILES string of the molecule is O=[N+]([O-])c1ccc(C[N+]23CCN4CC[N+]5(Cc6ccc([N+](=O)[O-])cc6)CCN(CC2)C5C43)cc1. The van der Waals surface area contributed by atoms with Gasteiger partial charge in [0.2, 0.25) is 12.3 Å². The molecule has 0 N–H and O–H groups in total. The first kappa shape index (κ1) is 21.6. The van der Waals surface area contributed by atoms with E-state index in [0.717, 1.165) is 85.5 Å². The highest BCUT2D eigenvalue weighted by molar-refractivity contribution is 5.33. The number of benzene rings is 2. The molecule has 10 heteroatoms. The van der Waals surface area contributed by atoms with Crippen LogP contribution in [-0.2, 0) is 13.1 Å². The van der Waals surface area contributed by atoms with E-state index in [1.807, 2.05) is 24.3 Å². The fourth-order valence-corrected chi connectivity index (χ4v) is 7.13. The Kier molecular flexibility index (Phi) is 4.96. The molecule has 0 spiro atoms. The molecule has 2 unspecified atom stereocenters. The molecule has 0 saturated carbocycles. The Morgan fingerprint density at radius 3 is 1.26 bits per heavy atom. The van der Waals surface area contributed by atoms with Gasteiger partial charge in [0.1, 0.15) is 13.1 Å². The van der Waals surface area contributed by atoms with Gasteiger partial charge in [-0.2, -0.15) is 0 Å². The third kappa shape index (κ3) is 3.32. The predicted octanol–water partition coefficient (Wildman–Crippen LogP) is 2.15. The summed E-state index contributed by atoms with van der Waals surface area (Å²) < 4.78 is 2.05. The van der Waals surface area contributed by atoms with Crippen molar-refractivity contribution in [3.63, 3.8) is 0 Å². The van der Waals surface area contributed by atoms with Crippen LogP contribution in [0.15, 0.2) is 48.5 Å². The summed E-state index contributed by atoms with van der Waals surface area (Å²) >= 11 is 0. The van der Waals surface area contributed by atoms with E-state index < -0.39 is 0 Å². The van der Waals surface area contributed by atoms with Crippen LogP contribution in [0.4, 0.5) is 11.4 Å². The standard InChI is InChI=1S/C24H30N6O4/c31-27(32)21-5-1-19(2-6-21)17-29-13-9-25-12-16-30(14-10-26(11-15-29)24(30)23(25)29)18-20-3-7-22(8-4-20)28(33)34/h1-8,23-24H,9-18H2/q+2. The Morgan fingerprint density at radius 1 is 0.647 bits per heavy atom. The molecule has 4 aliphatic rings. The first-order valence-corrected chi connectivity index (χ1v) is 12.1. The number of hydrogen-bond acceptors (Lipinski definition) is 6. The van der Waals surface area contributed by atoms with Gasteiger partial charge in [-0.05, 0) is 24.3 Å². The molecule has 0 aromatic heterocycles. The number of rotatable bonds is 6. The molecule has 0 radical (unpaired) electrons. The van der Waals surface area contributed by atoms with Gasteiger partial charge in [-0.15, -0.1) is 0 Å². The molecule has 4 aliphatic heterocycles. The Balaban J connectivity index is 1.30. The summed E-state index contributed by atoms with van der Waals surface area (Å²) in [6.45, 7) is 10.6. The van der Waals surface area contributed by atoms with Gasteiger partial charge in [-0.3, -0.25) is 29.2 Å². The van der Waals surface area contributed by atoms with Crippen molar-refractivity contribution >= 4 is 11.4 Å².